The van der Waals surface area contributed by atoms with E-state index >= 15 is 0 Å². The summed E-state index contributed by atoms with van der Waals surface area (Å²) >= 11 is 1.61. The minimum Gasteiger partial charge on any atom is -0.354 e. The monoisotopic (exact) mass is 265 g/mol. The van der Waals surface area contributed by atoms with E-state index in [0.717, 1.165) is 27.2 Å². The first-order chi connectivity index (χ1) is 9.28. The van der Waals surface area contributed by atoms with Crippen LogP contribution in [0.5, 0.6) is 0 Å². The van der Waals surface area contributed by atoms with E-state index in [9.17, 15) is 0 Å². The third-order valence-electron chi connectivity index (χ3n) is 2.99. The topological polar surface area (TPSA) is 48.7 Å². The lowest BCUT2D eigenvalue weighted by atomic mass is 10.1. The average Bonchev–Trinajstić information content (AvgIpc) is 2.88. The standard InChI is InChI=1S/C15H11N3S/c1-10-3-2-4-11(8-16)15(10)18-12-5-6-13-14(7-12)19-9-17-13/h2-7,9,18H,1H3. The Morgan fingerprint density at radius 3 is 3.00 bits per heavy atom. The lowest BCUT2D eigenvalue weighted by molar-refractivity contribution is 1.39. The number of nitrogens with zero attached hydrogens (tertiary/aromatic N) is 2. The SMILES string of the molecule is Cc1cccc(C#N)c1Nc1ccc2ncsc2c1. The number of hydrogen-bond donors (Lipinski definition) is 1. The van der Waals surface area contributed by atoms with Gasteiger partial charge in [0.05, 0.1) is 27.0 Å². The molecule has 4 heteroatoms. The van der Waals surface area contributed by atoms with Crippen LogP contribution in [0.4, 0.5) is 11.4 Å². The van der Waals surface area contributed by atoms with Gasteiger partial charge in [-0.25, -0.2) is 4.98 Å². The van der Waals surface area contributed by atoms with E-state index in [2.05, 4.69) is 22.4 Å². The van der Waals surface area contributed by atoms with Crippen molar-refractivity contribution in [3.8, 4) is 6.07 Å². The Morgan fingerprint density at radius 2 is 2.16 bits per heavy atom. The molecule has 0 spiro atoms. The van der Waals surface area contributed by atoms with Crippen LogP contribution in [0.3, 0.4) is 0 Å². The molecule has 0 aliphatic heterocycles. The fourth-order valence-electron chi connectivity index (χ4n) is 2.00. The summed E-state index contributed by atoms with van der Waals surface area (Å²) in [5.41, 5.74) is 6.40. The summed E-state index contributed by atoms with van der Waals surface area (Å²) in [6.07, 6.45) is 0. The third kappa shape index (κ3) is 2.16. The van der Waals surface area contributed by atoms with Crippen LogP contribution in [0.2, 0.25) is 0 Å². The van der Waals surface area contributed by atoms with Crippen molar-refractivity contribution in [2.75, 3.05) is 5.32 Å². The number of benzene rings is 2. The van der Waals surface area contributed by atoms with Gasteiger partial charge in [0.2, 0.25) is 0 Å². The number of rotatable bonds is 2. The van der Waals surface area contributed by atoms with Crippen molar-refractivity contribution in [2.24, 2.45) is 0 Å². The van der Waals surface area contributed by atoms with Crippen LogP contribution in [0, 0.1) is 18.3 Å². The van der Waals surface area contributed by atoms with E-state index < -0.39 is 0 Å². The first-order valence-electron chi connectivity index (χ1n) is 5.88. The number of anilines is 2. The maximum Gasteiger partial charge on any atom is 0.101 e. The summed E-state index contributed by atoms with van der Waals surface area (Å²) in [4.78, 5) is 4.26. The Hall–Kier alpha value is -2.38. The summed E-state index contributed by atoms with van der Waals surface area (Å²) in [6.45, 7) is 1.99. The molecule has 2 aromatic carbocycles. The Morgan fingerprint density at radius 1 is 1.26 bits per heavy atom. The molecule has 0 saturated heterocycles. The minimum atomic E-state index is 0.657. The maximum absolute atomic E-state index is 9.16. The van der Waals surface area contributed by atoms with Gasteiger partial charge in [-0.15, -0.1) is 11.3 Å². The Bertz CT molecular complexity index is 783. The van der Waals surface area contributed by atoms with Crippen LogP contribution >= 0.6 is 11.3 Å². The van der Waals surface area contributed by atoms with Gasteiger partial charge in [-0.05, 0) is 36.8 Å². The number of aryl methyl sites for hydroxylation is 1. The molecule has 0 bridgehead atoms. The second-order valence-electron chi connectivity index (χ2n) is 4.27. The average molecular weight is 265 g/mol. The molecule has 0 amide bonds. The van der Waals surface area contributed by atoms with E-state index in [4.69, 9.17) is 5.26 Å². The number of aromatic nitrogens is 1. The highest BCUT2D eigenvalue weighted by Crippen LogP contribution is 2.27. The molecule has 0 aliphatic carbocycles. The zero-order chi connectivity index (χ0) is 13.2. The van der Waals surface area contributed by atoms with Crippen LogP contribution in [-0.2, 0) is 0 Å². The zero-order valence-corrected chi connectivity index (χ0v) is 11.2. The fraction of sp³-hybridized carbons (Fsp3) is 0.0667. The van der Waals surface area contributed by atoms with Gasteiger partial charge in [0.15, 0.2) is 0 Å². The number of nitriles is 1. The number of nitrogens with one attached hydrogen (secondary N) is 1. The molecule has 3 rings (SSSR count). The second kappa shape index (κ2) is 4.71. The minimum absolute atomic E-state index is 0.657. The molecule has 0 saturated carbocycles. The van der Waals surface area contributed by atoms with Gasteiger partial charge in [0.25, 0.3) is 0 Å². The van der Waals surface area contributed by atoms with Crippen LogP contribution in [0.1, 0.15) is 11.1 Å². The molecule has 3 nitrogen and oxygen atoms in total. The highest BCUT2D eigenvalue weighted by molar-refractivity contribution is 7.16. The molecule has 0 unspecified atom stereocenters. The van der Waals surface area contributed by atoms with E-state index in [0.29, 0.717) is 5.56 Å². The van der Waals surface area contributed by atoms with Gasteiger partial charge in [-0.3, -0.25) is 0 Å². The number of thiazole rings is 1. The third-order valence-corrected chi connectivity index (χ3v) is 3.79. The molecule has 0 atom stereocenters. The first kappa shape index (κ1) is 11.7. The van der Waals surface area contributed by atoms with Crippen LogP contribution in [-0.4, -0.2) is 4.98 Å². The summed E-state index contributed by atoms with van der Waals surface area (Å²) in [5.74, 6) is 0. The first-order valence-corrected chi connectivity index (χ1v) is 6.76. The smallest absolute Gasteiger partial charge is 0.101 e. The van der Waals surface area contributed by atoms with Gasteiger partial charge < -0.3 is 5.32 Å². The van der Waals surface area contributed by atoms with E-state index in [-0.39, 0.29) is 0 Å². The van der Waals surface area contributed by atoms with Crippen molar-refractivity contribution in [3.63, 3.8) is 0 Å². The molecule has 1 N–H and O–H groups in total. The molecule has 92 valence electrons. The summed E-state index contributed by atoms with van der Waals surface area (Å²) < 4.78 is 1.14. The normalized spacial score (nSPS) is 10.3. The molecular weight excluding hydrogens is 254 g/mol. The lowest BCUT2D eigenvalue weighted by Gasteiger charge is -2.11. The van der Waals surface area contributed by atoms with Gasteiger partial charge in [0, 0.05) is 5.69 Å². The summed E-state index contributed by atoms with van der Waals surface area (Å²) in [6, 6.07) is 13.9. The number of para-hydroxylation sites is 1. The van der Waals surface area contributed by atoms with Crippen LogP contribution in [0.15, 0.2) is 41.9 Å². The number of fused-ring (bicyclic) bond motifs is 1. The highest BCUT2D eigenvalue weighted by Gasteiger charge is 2.06. The summed E-state index contributed by atoms with van der Waals surface area (Å²) in [7, 11) is 0. The van der Waals surface area contributed by atoms with Gasteiger partial charge in [-0.1, -0.05) is 12.1 Å². The van der Waals surface area contributed by atoms with E-state index in [1.807, 2.05) is 42.8 Å². The molecule has 0 fully saturated rings. The summed E-state index contributed by atoms with van der Waals surface area (Å²) in [5, 5.41) is 12.5. The molecular formula is C15H11N3S. The Balaban J connectivity index is 2.03. The van der Waals surface area contributed by atoms with Crippen molar-refractivity contribution >= 4 is 32.9 Å². The Kier molecular flexibility index (Phi) is 2.90. The molecule has 0 aliphatic rings. The van der Waals surface area contributed by atoms with Crippen molar-refractivity contribution in [3.05, 3.63) is 53.0 Å². The molecule has 3 aromatic rings. The zero-order valence-electron chi connectivity index (χ0n) is 10.3. The molecule has 19 heavy (non-hydrogen) atoms. The van der Waals surface area contributed by atoms with Crippen LogP contribution < -0.4 is 5.32 Å². The van der Waals surface area contributed by atoms with Crippen molar-refractivity contribution < 1.29 is 0 Å². The molecule has 0 radical (unpaired) electrons. The largest absolute Gasteiger partial charge is 0.354 e. The van der Waals surface area contributed by atoms with E-state index in [1.165, 1.54) is 0 Å². The predicted molar refractivity (Wildman–Crippen MR) is 78.8 cm³/mol. The van der Waals surface area contributed by atoms with Crippen molar-refractivity contribution in [1.29, 1.82) is 5.26 Å². The molecule has 1 aromatic heterocycles. The quantitative estimate of drug-likeness (QED) is 0.754. The van der Waals surface area contributed by atoms with Crippen molar-refractivity contribution in [1.82, 2.24) is 4.98 Å². The fourth-order valence-corrected chi connectivity index (χ4v) is 2.72. The molecule has 1 heterocycles. The van der Waals surface area contributed by atoms with Gasteiger partial charge in [-0.2, -0.15) is 5.26 Å². The highest BCUT2D eigenvalue weighted by atomic mass is 32.1. The maximum atomic E-state index is 9.16. The lowest BCUT2D eigenvalue weighted by Crippen LogP contribution is -1.96. The number of hydrogen-bond acceptors (Lipinski definition) is 4. The second-order valence-corrected chi connectivity index (χ2v) is 5.16. The van der Waals surface area contributed by atoms with E-state index in [1.54, 1.807) is 11.3 Å². The van der Waals surface area contributed by atoms with Crippen molar-refractivity contribution in [2.45, 2.75) is 6.92 Å². The Labute approximate surface area is 115 Å². The van der Waals surface area contributed by atoms with Gasteiger partial charge in [0.1, 0.15) is 6.07 Å². The van der Waals surface area contributed by atoms with Crippen LogP contribution in [0.25, 0.3) is 10.2 Å². The van der Waals surface area contributed by atoms with Gasteiger partial charge >= 0.3 is 0 Å². The predicted octanol–water partition coefficient (Wildman–Crippen LogP) is 4.22.